The first-order valence-electron chi connectivity index (χ1n) is 6.02. The SMILES string of the molecule is COc1ccc(NS(=O)(=O)c2ccc(CCO)s2)cc1F. The fourth-order valence-corrected chi connectivity index (χ4v) is 4.08. The van der Waals surface area contributed by atoms with Crippen LogP contribution < -0.4 is 9.46 Å². The molecular weight excluding hydrogens is 317 g/mol. The second-order valence-electron chi connectivity index (χ2n) is 4.15. The predicted molar refractivity (Wildman–Crippen MR) is 78.9 cm³/mol. The highest BCUT2D eigenvalue weighted by Crippen LogP contribution is 2.26. The molecule has 0 fully saturated rings. The number of hydrogen-bond acceptors (Lipinski definition) is 5. The van der Waals surface area contributed by atoms with Crippen LogP contribution in [0.3, 0.4) is 0 Å². The van der Waals surface area contributed by atoms with Crippen LogP contribution in [0.25, 0.3) is 0 Å². The third-order valence-electron chi connectivity index (χ3n) is 2.66. The van der Waals surface area contributed by atoms with E-state index in [1.165, 1.54) is 25.3 Å². The topological polar surface area (TPSA) is 75.6 Å². The summed E-state index contributed by atoms with van der Waals surface area (Å²) in [6.07, 6.45) is 0.400. The lowest BCUT2D eigenvalue weighted by atomic mass is 10.3. The molecule has 0 amide bonds. The van der Waals surface area contributed by atoms with Gasteiger partial charge < -0.3 is 9.84 Å². The maximum absolute atomic E-state index is 13.5. The standard InChI is InChI=1S/C13H14FNO4S2/c1-19-12-4-2-9(8-11(12)14)15-21(17,18)13-5-3-10(20-13)6-7-16/h2-5,8,15-16H,6-7H2,1H3. The minimum atomic E-state index is -3.77. The third kappa shape index (κ3) is 3.72. The van der Waals surface area contributed by atoms with Gasteiger partial charge >= 0.3 is 0 Å². The number of hydrogen-bond donors (Lipinski definition) is 2. The Morgan fingerprint density at radius 1 is 1.33 bits per heavy atom. The van der Waals surface area contributed by atoms with Crippen molar-refractivity contribution >= 4 is 27.0 Å². The molecule has 0 spiro atoms. The van der Waals surface area contributed by atoms with Gasteiger partial charge in [0.1, 0.15) is 4.21 Å². The number of anilines is 1. The molecule has 21 heavy (non-hydrogen) atoms. The first-order valence-corrected chi connectivity index (χ1v) is 8.32. The highest BCUT2D eigenvalue weighted by Gasteiger charge is 2.17. The lowest BCUT2D eigenvalue weighted by Crippen LogP contribution is -2.11. The lowest BCUT2D eigenvalue weighted by molar-refractivity contribution is 0.300. The number of benzene rings is 1. The molecule has 1 aromatic heterocycles. The van der Waals surface area contributed by atoms with Crippen molar-refractivity contribution in [3.8, 4) is 5.75 Å². The van der Waals surface area contributed by atoms with Crippen molar-refractivity contribution in [2.24, 2.45) is 0 Å². The van der Waals surface area contributed by atoms with E-state index in [0.717, 1.165) is 22.3 Å². The zero-order valence-corrected chi connectivity index (χ0v) is 12.8. The minimum Gasteiger partial charge on any atom is -0.494 e. The molecule has 5 nitrogen and oxygen atoms in total. The predicted octanol–water partition coefficient (Wildman–Crippen LogP) is 2.23. The Labute approximate surface area is 126 Å². The fraction of sp³-hybridized carbons (Fsp3) is 0.231. The van der Waals surface area contributed by atoms with E-state index in [2.05, 4.69) is 4.72 Å². The summed E-state index contributed by atoms with van der Waals surface area (Å²) >= 11 is 1.07. The van der Waals surface area contributed by atoms with Gasteiger partial charge in [0.25, 0.3) is 10.0 Å². The molecule has 0 aliphatic heterocycles. The molecular formula is C13H14FNO4S2. The van der Waals surface area contributed by atoms with E-state index >= 15 is 0 Å². The second-order valence-corrected chi connectivity index (χ2v) is 7.23. The summed E-state index contributed by atoms with van der Waals surface area (Å²) in [5, 5.41) is 8.83. The van der Waals surface area contributed by atoms with E-state index in [0.29, 0.717) is 6.42 Å². The van der Waals surface area contributed by atoms with Crippen molar-refractivity contribution < 1.29 is 22.7 Å². The Balaban J connectivity index is 2.22. The molecule has 0 unspecified atom stereocenters. The van der Waals surface area contributed by atoms with Crippen LogP contribution in [-0.4, -0.2) is 27.2 Å². The molecule has 1 aromatic carbocycles. The quantitative estimate of drug-likeness (QED) is 0.851. The number of ether oxygens (including phenoxy) is 1. The average molecular weight is 331 g/mol. The Morgan fingerprint density at radius 3 is 2.71 bits per heavy atom. The molecule has 0 bridgehead atoms. The summed E-state index contributed by atoms with van der Waals surface area (Å²) in [4.78, 5) is 0.763. The van der Waals surface area contributed by atoms with Crippen LogP contribution in [0.4, 0.5) is 10.1 Å². The van der Waals surface area contributed by atoms with E-state index in [9.17, 15) is 12.8 Å². The van der Waals surface area contributed by atoms with Gasteiger partial charge in [0, 0.05) is 24.0 Å². The van der Waals surface area contributed by atoms with Crippen molar-refractivity contribution in [3.63, 3.8) is 0 Å². The monoisotopic (exact) mass is 331 g/mol. The van der Waals surface area contributed by atoms with Gasteiger partial charge in [-0.15, -0.1) is 11.3 Å². The summed E-state index contributed by atoms with van der Waals surface area (Å²) in [6, 6.07) is 6.92. The minimum absolute atomic E-state index is 0.0410. The molecule has 2 N–H and O–H groups in total. The van der Waals surface area contributed by atoms with Gasteiger partial charge in [0.2, 0.25) is 0 Å². The molecule has 8 heteroatoms. The van der Waals surface area contributed by atoms with E-state index in [4.69, 9.17) is 9.84 Å². The van der Waals surface area contributed by atoms with Crippen molar-refractivity contribution in [2.75, 3.05) is 18.4 Å². The fourth-order valence-electron chi connectivity index (χ4n) is 1.68. The van der Waals surface area contributed by atoms with Gasteiger partial charge in [-0.05, 0) is 24.3 Å². The van der Waals surface area contributed by atoms with Gasteiger partial charge in [-0.25, -0.2) is 12.8 Å². The third-order valence-corrected chi connectivity index (χ3v) is 5.68. The number of thiophene rings is 1. The largest absolute Gasteiger partial charge is 0.494 e. The number of aliphatic hydroxyl groups excluding tert-OH is 1. The zero-order valence-electron chi connectivity index (χ0n) is 11.2. The van der Waals surface area contributed by atoms with Crippen molar-refractivity contribution in [1.29, 1.82) is 0 Å². The second kappa shape index (κ2) is 6.42. The van der Waals surface area contributed by atoms with Crippen LogP contribution in [0, 0.1) is 5.82 Å². The maximum Gasteiger partial charge on any atom is 0.271 e. The van der Waals surface area contributed by atoms with Gasteiger partial charge in [0.05, 0.1) is 12.8 Å². The van der Waals surface area contributed by atoms with E-state index < -0.39 is 15.8 Å². The number of aliphatic hydroxyl groups is 1. The number of sulfonamides is 1. The van der Waals surface area contributed by atoms with Crippen molar-refractivity contribution in [2.45, 2.75) is 10.6 Å². The summed E-state index contributed by atoms with van der Waals surface area (Å²) in [5.74, 6) is -0.607. The van der Waals surface area contributed by atoms with E-state index in [1.807, 2.05) is 0 Å². The molecule has 0 aliphatic rings. The van der Waals surface area contributed by atoms with Gasteiger partial charge in [-0.3, -0.25) is 4.72 Å². The molecule has 2 rings (SSSR count). The molecule has 0 atom stereocenters. The van der Waals surface area contributed by atoms with Crippen LogP contribution in [0.5, 0.6) is 5.75 Å². The number of halogens is 1. The van der Waals surface area contributed by atoms with E-state index in [1.54, 1.807) is 6.07 Å². The lowest BCUT2D eigenvalue weighted by Gasteiger charge is -2.08. The molecule has 0 saturated heterocycles. The van der Waals surface area contributed by atoms with Crippen LogP contribution in [0.15, 0.2) is 34.5 Å². The molecule has 0 saturated carbocycles. The normalized spacial score (nSPS) is 11.4. The van der Waals surface area contributed by atoms with Crippen LogP contribution in [-0.2, 0) is 16.4 Å². The maximum atomic E-state index is 13.5. The molecule has 1 heterocycles. The van der Waals surface area contributed by atoms with Crippen LogP contribution >= 0.6 is 11.3 Å². The summed E-state index contributed by atoms with van der Waals surface area (Å²) in [6.45, 7) is -0.0445. The first kappa shape index (κ1) is 15.7. The molecule has 114 valence electrons. The molecule has 2 aromatic rings. The Hall–Kier alpha value is -1.64. The Morgan fingerprint density at radius 2 is 2.10 bits per heavy atom. The summed E-state index contributed by atoms with van der Waals surface area (Å²) in [5.41, 5.74) is 0.116. The molecule has 0 aliphatic carbocycles. The van der Waals surface area contributed by atoms with Crippen molar-refractivity contribution in [1.82, 2.24) is 0 Å². The summed E-state index contributed by atoms with van der Waals surface area (Å²) < 4.78 is 45.1. The highest BCUT2D eigenvalue weighted by molar-refractivity contribution is 7.94. The number of methoxy groups -OCH3 is 1. The Bertz CT molecular complexity index is 728. The van der Waals surface area contributed by atoms with Crippen LogP contribution in [0.1, 0.15) is 4.88 Å². The number of rotatable bonds is 6. The zero-order chi connectivity index (χ0) is 15.5. The first-order chi connectivity index (χ1) is 9.96. The smallest absolute Gasteiger partial charge is 0.271 e. The summed E-state index contributed by atoms with van der Waals surface area (Å²) in [7, 11) is -2.44. The van der Waals surface area contributed by atoms with Gasteiger partial charge in [-0.2, -0.15) is 0 Å². The average Bonchev–Trinajstić information content (AvgIpc) is 2.88. The van der Waals surface area contributed by atoms with Crippen LogP contribution in [0.2, 0.25) is 0 Å². The van der Waals surface area contributed by atoms with Gasteiger partial charge in [-0.1, -0.05) is 0 Å². The number of nitrogens with one attached hydrogen (secondary N) is 1. The highest BCUT2D eigenvalue weighted by atomic mass is 32.2. The Kier molecular flexibility index (Phi) is 4.81. The molecule has 0 radical (unpaired) electrons. The van der Waals surface area contributed by atoms with Gasteiger partial charge in [0.15, 0.2) is 11.6 Å². The van der Waals surface area contributed by atoms with E-state index in [-0.39, 0.29) is 22.3 Å². The van der Waals surface area contributed by atoms with Crippen molar-refractivity contribution in [3.05, 3.63) is 41.0 Å².